The van der Waals surface area contributed by atoms with Gasteiger partial charge in [-0.15, -0.1) is 0 Å². The molecule has 0 aliphatic heterocycles. The highest BCUT2D eigenvalue weighted by Gasteiger charge is 2.15. The van der Waals surface area contributed by atoms with Gasteiger partial charge in [0.1, 0.15) is 0 Å². The van der Waals surface area contributed by atoms with Crippen molar-refractivity contribution in [1.82, 2.24) is 9.78 Å². The van der Waals surface area contributed by atoms with E-state index >= 15 is 0 Å². The second-order valence-electron chi connectivity index (χ2n) is 4.83. The van der Waals surface area contributed by atoms with E-state index in [1.54, 1.807) is 6.20 Å². The number of nitrogens with zero attached hydrogens (tertiary/aromatic N) is 2. The molecule has 1 aromatic rings. The lowest BCUT2D eigenvalue weighted by Gasteiger charge is -2.16. The molecular formula is C12H21ClN2O. The van der Waals surface area contributed by atoms with Crippen LogP contribution in [-0.4, -0.2) is 21.0 Å². The Morgan fingerprint density at radius 3 is 2.50 bits per heavy atom. The quantitative estimate of drug-likeness (QED) is 0.865. The smallest absolute Gasteiger partial charge is 0.0817 e. The standard InChI is InChI=1S/C12H21ClN2O/c1-8(2)12(16)6-5-11-10(13)7-14-15(11)9(3)4/h7-9,12,16H,5-6H2,1-4H3. The zero-order valence-electron chi connectivity index (χ0n) is 10.4. The van der Waals surface area contributed by atoms with Crippen LogP contribution in [0.4, 0.5) is 0 Å². The molecule has 0 aliphatic rings. The Morgan fingerprint density at radius 2 is 2.00 bits per heavy atom. The minimum atomic E-state index is -0.272. The number of aliphatic hydroxyl groups excluding tert-OH is 1. The molecule has 1 atom stereocenters. The van der Waals surface area contributed by atoms with E-state index in [4.69, 9.17) is 11.6 Å². The number of hydrogen-bond acceptors (Lipinski definition) is 2. The summed E-state index contributed by atoms with van der Waals surface area (Å²) in [6.45, 7) is 8.19. The van der Waals surface area contributed by atoms with Crippen LogP contribution in [0.5, 0.6) is 0 Å². The maximum absolute atomic E-state index is 9.77. The molecule has 0 spiro atoms. The monoisotopic (exact) mass is 244 g/mol. The van der Waals surface area contributed by atoms with Crippen LogP contribution in [-0.2, 0) is 6.42 Å². The molecule has 1 rings (SSSR count). The average Bonchev–Trinajstić information content (AvgIpc) is 2.56. The maximum Gasteiger partial charge on any atom is 0.0817 e. The van der Waals surface area contributed by atoms with Crippen LogP contribution < -0.4 is 0 Å². The highest BCUT2D eigenvalue weighted by atomic mass is 35.5. The van der Waals surface area contributed by atoms with Crippen molar-refractivity contribution in [2.24, 2.45) is 5.92 Å². The summed E-state index contributed by atoms with van der Waals surface area (Å²) in [6, 6.07) is 0.304. The molecular weight excluding hydrogens is 224 g/mol. The first-order valence-corrected chi connectivity index (χ1v) is 6.21. The first-order valence-electron chi connectivity index (χ1n) is 5.83. The fourth-order valence-corrected chi connectivity index (χ4v) is 1.89. The third-order valence-electron chi connectivity index (χ3n) is 2.78. The Hall–Kier alpha value is -0.540. The molecule has 0 bridgehead atoms. The lowest BCUT2D eigenvalue weighted by Crippen LogP contribution is -2.17. The first kappa shape index (κ1) is 13.5. The molecule has 0 saturated heterocycles. The van der Waals surface area contributed by atoms with Gasteiger partial charge in [-0.2, -0.15) is 5.10 Å². The molecule has 1 heterocycles. The summed E-state index contributed by atoms with van der Waals surface area (Å²) in [5.41, 5.74) is 1.02. The van der Waals surface area contributed by atoms with Crippen molar-refractivity contribution < 1.29 is 5.11 Å². The van der Waals surface area contributed by atoms with E-state index in [-0.39, 0.29) is 12.0 Å². The molecule has 16 heavy (non-hydrogen) atoms. The van der Waals surface area contributed by atoms with E-state index < -0.39 is 0 Å². The number of aliphatic hydroxyl groups is 1. The zero-order valence-corrected chi connectivity index (χ0v) is 11.2. The fourth-order valence-electron chi connectivity index (χ4n) is 1.66. The van der Waals surface area contributed by atoms with Gasteiger partial charge in [-0.25, -0.2) is 0 Å². The molecule has 0 radical (unpaired) electrons. The summed E-state index contributed by atoms with van der Waals surface area (Å²) in [4.78, 5) is 0. The summed E-state index contributed by atoms with van der Waals surface area (Å²) < 4.78 is 1.93. The van der Waals surface area contributed by atoms with Gasteiger partial charge in [-0.3, -0.25) is 4.68 Å². The van der Waals surface area contributed by atoms with Gasteiger partial charge in [0.2, 0.25) is 0 Å². The molecule has 1 unspecified atom stereocenters. The predicted molar refractivity (Wildman–Crippen MR) is 66.8 cm³/mol. The number of rotatable bonds is 5. The molecule has 1 N–H and O–H groups in total. The first-order chi connectivity index (χ1) is 7.43. The SMILES string of the molecule is CC(C)C(O)CCc1c(Cl)cnn1C(C)C. The van der Waals surface area contributed by atoms with E-state index in [2.05, 4.69) is 18.9 Å². The van der Waals surface area contributed by atoms with Gasteiger partial charge < -0.3 is 5.11 Å². The van der Waals surface area contributed by atoms with E-state index in [1.807, 2.05) is 18.5 Å². The maximum atomic E-state index is 9.77. The second kappa shape index (κ2) is 5.69. The van der Waals surface area contributed by atoms with Crippen molar-refractivity contribution in [3.8, 4) is 0 Å². The second-order valence-corrected chi connectivity index (χ2v) is 5.23. The molecule has 92 valence electrons. The Bertz CT molecular complexity index is 334. The topological polar surface area (TPSA) is 38.1 Å². The summed E-state index contributed by atoms with van der Waals surface area (Å²) in [7, 11) is 0. The third-order valence-corrected chi connectivity index (χ3v) is 3.10. The van der Waals surface area contributed by atoms with Crippen LogP contribution in [0.15, 0.2) is 6.20 Å². The van der Waals surface area contributed by atoms with E-state index in [0.717, 1.165) is 18.5 Å². The van der Waals surface area contributed by atoms with Crippen molar-refractivity contribution in [2.75, 3.05) is 0 Å². The van der Waals surface area contributed by atoms with Crippen molar-refractivity contribution >= 4 is 11.6 Å². The van der Waals surface area contributed by atoms with Gasteiger partial charge in [0.25, 0.3) is 0 Å². The van der Waals surface area contributed by atoms with Gasteiger partial charge in [-0.05, 0) is 32.6 Å². The van der Waals surface area contributed by atoms with Crippen molar-refractivity contribution in [1.29, 1.82) is 0 Å². The Morgan fingerprint density at radius 1 is 1.38 bits per heavy atom. The predicted octanol–water partition coefficient (Wildman–Crippen LogP) is 3.07. The van der Waals surface area contributed by atoms with Gasteiger partial charge in [-0.1, -0.05) is 25.4 Å². The summed E-state index contributed by atoms with van der Waals surface area (Å²) in [5.74, 6) is 0.286. The largest absolute Gasteiger partial charge is 0.393 e. The number of hydrogen-bond donors (Lipinski definition) is 1. The highest BCUT2D eigenvalue weighted by Crippen LogP contribution is 2.21. The van der Waals surface area contributed by atoms with Crippen LogP contribution in [0.1, 0.15) is 45.9 Å². The number of aromatic nitrogens is 2. The van der Waals surface area contributed by atoms with E-state index in [0.29, 0.717) is 11.1 Å². The Labute approximate surface area is 102 Å². The zero-order chi connectivity index (χ0) is 12.3. The van der Waals surface area contributed by atoms with Gasteiger partial charge in [0.05, 0.1) is 23.0 Å². The lowest BCUT2D eigenvalue weighted by molar-refractivity contribution is 0.116. The summed E-state index contributed by atoms with van der Waals surface area (Å²) >= 11 is 6.09. The Kier molecular flexibility index (Phi) is 4.81. The van der Waals surface area contributed by atoms with Crippen LogP contribution in [0, 0.1) is 5.92 Å². The third kappa shape index (κ3) is 3.22. The van der Waals surface area contributed by atoms with Crippen molar-refractivity contribution in [3.05, 3.63) is 16.9 Å². The highest BCUT2D eigenvalue weighted by molar-refractivity contribution is 6.31. The Balaban J connectivity index is 2.69. The minimum Gasteiger partial charge on any atom is -0.393 e. The normalized spacial score (nSPS) is 13.8. The van der Waals surface area contributed by atoms with Gasteiger partial charge in [0.15, 0.2) is 0 Å². The van der Waals surface area contributed by atoms with Crippen LogP contribution >= 0.6 is 11.6 Å². The fraction of sp³-hybridized carbons (Fsp3) is 0.750. The van der Waals surface area contributed by atoms with Gasteiger partial charge >= 0.3 is 0 Å². The van der Waals surface area contributed by atoms with E-state index in [9.17, 15) is 5.11 Å². The summed E-state index contributed by atoms with van der Waals surface area (Å²) in [6.07, 6.45) is 2.91. The molecule has 0 aromatic carbocycles. The van der Waals surface area contributed by atoms with Crippen LogP contribution in [0.2, 0.25) is 5.02 Å². The van der Waals surface area contributed by atoms with Gasteiger partial charge in [0, 0.05) is 6.04 Å². The molecule has 0 amide bonds. The molecule has 0 saturated carbocycles. The molecule has 4 heteroatoms. The molecule has 1 aromatic heterocycles. The van der Waals surface area contributed by atoms with Crippen molar-refractivity contribution in [3.63, 3.8) is 0 Å². The van der Waals surface area contributed by atoms with E-state index in [1.165, 1.54) is 0 Å². The summed E-state index contributed by atoms with van der Waals surface area (Å²) in [5, 5.41) is 14.7. The molecule has 0 aliphatic carbocycles. The minimum absolute atomic E-state index is 0.272. The van der Waals surface area contributed by atoms with Crippen LogP contribution in [0.25, 0.3) is 0 Å². The molecule has 3 nitrogen and oxygen atoms in total. The van der Waals surface area contributed by atoms with Crippen LogP contribution in [0.3, 0.4) is 0 Å². The average molecular weight is 245 g/mol. The molecule has 0 fully saturated rings. The number of halogens is 1. The van der Waals surface area contributed by atoms with Crippen molar-refractivity contribution in [2.45, 2.75) is 52.7 Å². The lowest BCUT2D eigenvalue weighted by atomic mass is 10.0.